The molecule has 0 radical (unpaired) electrons. The lowest BCUT2D eigenvalue weighted by molar-refractivity contribution is -0.00533. The van der Waals surface area contributed by atoms with Crippen LogP contribution in [-0.2, 0) is 11.3 Å². The van der Waals surface area contributed by atoms with Gasteiger partial charge in [-0.3, -0.25) is 0 Å². The van der Waals surface area contributed by atoms with E-state index in [0.717, 1.165) is 0 Å². The molecule has 3 rings (SSSR count). The molecule has 7 heteroatoms. The summed E-state index contributed by atoms with van der Waals surface area (Å²) in [5.41, 5.74) is 2.98. The first-order valence-corrected chi connectivity index (χ1v) is 7.34. The third-order valence-electron chi connectivity index (χ3n) is 3.64. The van der Waals surface area contributed by atoms with Gasteiger partial charge in [0.25, 0.3) is 0 Å². The lowest BCUT2D eigenvalue weighted by Gasteiger charge is -2.37. The van der Waals surface area contributed by atoms with E-state index in [1.54, 1.807) is 6.92 Å². The van der Waals surface area contributed by atoms with E-state index in [1.165, 1.54) is 0 Å². The molecule has 1 N–H and O–H groups in total. The third kappa shape index (κ3) is 2.47. The van der Waals surface area contributed by atoms with Crippen molar-refractivity contribution in [2.24, 2.45) is 0 Å². The highest BCUT2D eigenvalue weighted by atomic mass is 35.5. The smallest absolute Gasteiger partial charge is 0.206 e. The van der Waals surface area contributed by atoms with Crippen molar-refractivity contribution in [3.8, 4) is 0 Å². The highest BCUT2D eigenvalue weighted by molar-refractivity contribution is 6.37. The second kappa shape index (κ2) is 5.44. The van der Waals surface area contributed by atoms with Crippen molar-refractivity contribution < 1.29 is 14.4 Å². The van der Waals surface area contributed by atoms with Crippen molar-refractivity contribution in [1.82, 2.24) is 10.1 Å². The molecule has 0 saturated carbocycles. The highest BCUT2D eigenvalue weighted by Gasteiger charge is 2.28. The first-order valence-electron chi connectivity index (χ1n) is 6.96. The van der Waals surface area contributed by atoms with Gasteiger partial charge in [0.2, 0.25) is 5.58 Å². The van der Waals surface area contributed by atoms with Gasteiger partial charge in [-0.05, 0) is 20.8 Å². The van der Waals surface area contributed by atoms with Crippen molar-refractivity contribution in [3.05, 3.63) is 16.4 Å². The average Bonchev–Trinajstić information content (AvgIpc) is 2.79. The summed E-state index contributed by atoms with van der Waals surface area (Å²) in [6, 6.07) is 0. The normalized spacial score (nSPS) is 23.0. The molecule has 2 atom stereocenters. The fourth-order valence-corrected chi connectivity index (χ4v) is 3.21. The Balaban J connectivity index is 2.14. The lowest BCUT2D eigenvalue weighted by Crippen LogP contribution is -2.46. The van der Waals surface area contributed by atoms with Gasteiger partial charge in [0, 0.05) is 13.1 Å². The predicted octanol–water partition coefficient (Wildman–Crippen LogP) is 2.29. The standard InChI is InChI=1S/C14H18ClN3O3/c1-7-4-18(5-8(2)20-7)13-10(6-19)16-12-9(3)17-21-14(12)11(13)15/h7-8,19H,4-6H2,1-3H3. The summed E-state index contributed by atoms with van der Waals surface area (Å²) in [4.78, 5) is 6.56. The van der Waals surface area contributed by atoms with Gasteiger partial charge in [-0.2, -0.15) is 0 Å². The van der Waals surface area contributed by atoms with Gasteiger partial charge in [0.05, 0.1) is 30.2 Å². The fraction of sp³-hybridized carbons (Fsp3) is 0.571. The van der Waals surface area contributed by atoms with Gasteiger partial charge in [-0.1, -0.05) is 16.8 Å². The van der Waals surface area contributed by atoms with E-state index in [9.17, 15) is 5.11 Å². The van der Waals surface area contributed by atoms with Gasteiger partial charge in [-0.15, -0.1) is 0 Å². The van der Waals surface area contributed by atoms with Gasteiger partial charge in [0.15, 0.2) is 0 Å². The summed E-state index contributed by atoms with van der Waals surface area (Å²) < 4.78 is 11.0. The zero-order chi connectivity index (χ0) is 15.1. The zero-order valence-electron chi connectivity index (χ0n) is 12.3. The maximum atomic E-state index is 9.66. The minimum atomic E-state index is -0.185. The first kappa shape index (κ1) is 14.6. The molecule has 0 amide bonds. The lowest BCUT2D eigenvalue weighted by atomic mass is 10.1. The van der Waals surface area contributed by atoms with Crippen LogP contribution in [0.2, 0.25) is 5.02 Å². The number of nitrogens with zero attached hydrogens (tertiary/aromatic N) is 3. The molecule has 1 aliphatic heterocycles. The summed E-state index contributed by atoms with van der Waals surface area (Å²) in [6.45, 7) is 7.03. The van der Waals surface area contributed by atoms with Crippen molar-refractivity contribution in [1.29, 1.82) is 0 Å². The van der Waals surface area contributed by atoms with Crippen LogP contribution < -0.4 is 4.90 Å². The molecular formula is C14H18ClN3O3. The summed E-state index contributed by atoms with van der Waals surface area (Å²) in [5, 5.41) is 14.0. The minimum Gasteiger partial charge on any atom is -0.390 e. The number of aryl methyl sites for hydroxylation is 1. The topological polar surface area (TPSA) is 71.6 Å². The van der Waals surface area contributed by atoms with E-state index in [2.05, 4.69) is 15.0 Å². The zero-order valence-corrected chi connectivity index (χ0v) is 13.0. The van der Waals surface area contributed by atoms with Gasteiger partial charge in [0.1, 0.15) is 16.2 Å². The van der Waals surface area contributed by atoms with Crippen LogP contribution in [0.4, 0.5) is 5.69 Å². The maximum Gasteiger partial charge on any atom is 0.206 e. The molecule has 1 fully saturated rings. The van der Waals surface area contributed by atoms with E-state index in [4.69, 9.17) is 20.9 Å². The molecule has 0 aliphatic carbocycles. The number of rotatable bonds is 2. The largest absolute Gasteiger partial charge is 0.390 e. The first-order chi connectivity index (χ1) is 10.0. The summed E-state index contributed by atoms with van der Waals surface area (Å²) >= 11 is 6.50. The van der Waals surface area contributed by atoms with Crippen LogP contribution in [0, 0.1) is 6.92 Å². The number of aliphatic hydroxyl groups is 1. The molecule has 0 bridgehead atoms. The van der Waals surface area contributed by atoms with Crippen LogP contribution in [0.3, 0.4) is 0 Å². The minimum absolute atomic E-state index is 0.0866. The van der Waals surface area contributed by atoms with Crippen LogP contribution in [0.25, 0.3) is 11.1 Å². The van der Waals surface area contributed by atoms with E-state index in [-0.39, 0.29) is 18.8 Å². The molecule has 0 spiro atoms. The Morgan fingerprint density at radius 1 is 1.33 bits per heavy atom. The number of pyridine rings is 1. The van der Waals surface area contributed by atoms with Crippen LogP contribution >= 0.6 is 11.6 Å². The van der Waals surface area contributed by atoms with Crippen molar-refractivity contribution in [2.45, 2.75) is 39.6 Å². The van der Waals surface area contributed by atoms with Crippen LogP contribution in [0.15, 0.2) is 4.52 Å². The second-order valence-electron chi connectivity index (χ2n) is 5.49. The number of hydrogen-bond acceptors (Lipinski definition) is 6. The molecule has 1 saturated heterocycles. The molecule has 6 nitrogen and oxygen atoms in total. The number of aromatic nitrogens is 2. The Hall–Kier alpha value is -1.37. The van der Waals surface area contributed by atoms with Crippen LogP contribution in [0.1, 0.15) is 25.2 Å². The third-order valence-corrected chi connectivity index (χ3v) is 4.00. The Morgan fingerprint density at radius 2 is 2.00 bits per heavy atom. The number of hydrogen-bond donors (Lipinski definition) is 1. The van der Waals surface area contributed by atoms with E-state index < -0.39 is 0 Å². The fourth-order valence-electron chi connectivity index (χ4n) is 2.85. The molecule has 21 heavy (non-hydrogen) atoms. The number of aliphatic hydroxyl groups excluding tert-OH is 1. The van der Waals surface area contributed by atoms with E-state index in [1.807, 2.05) is 13.8 Å². The Kier molecular flexibility index (Phi) is 3.77. The monoisotopic (exact) mass is 311 g/mol. The molecule has 2 unspecified atom stereocenters. The van der Waals surface area contributed by atoms with Crippen molar-refractivity contribution in [2.75, 3.05) is 18.0 Å². The van der Waals surface area contributed by atoms with Crippen molar-refractivity contribution in [3.63, 3.8) is 0 Å². The number of ether oxygens (including phenoxy) is 1. The molecule has 2 aromatic rings. The molecular weight excluding hydrogens is 294 g/mol. The highest BCUT2D eigenvalue weighted by Crippen LogP contribution is 2.37. The molecule has 0 aromatic carbocycles. The molecule has 1 aliphatic rings. The van der Waals surface area contributed by atoms with Gasteiger partial charge < -0.3 is 19.3 Å². The quantitative estimate of drug-likeness (QED) is 0.917. The number of morpholine rings is 1. The summed E-state index contributed by atoms with van der Waals surface area (Å²) in [6.07, 6.45) is 0.173. The number of fused-ring (bicyclic) bond motifs is 1. The van der Waals surface area contributed by atoms with Crippen LogP contribution in [0.5, 0.6) is 0 Å². The molecule has 3 heterocycles. The second-order valence-corrected chi connectivity index (χ2v) is 5.87. The Bertz CT molecular complexity index is 663. The predicted molar refractivity (Wildman–Crippen MR) is 79.7 cm³/mol. The summed E-state index contributed by atoms with van der Waals surface area (Å²) in [5.74, 6) is 0. The van der Waals surface area contributed by atoms with Crippen molar-refractivity contribution >= 4 is 28.4 Å². The molecule has 2 aromatic heterocycles. The SMILES string of the molecule is Cc1noc2c(Cl)c(N3CC(C)OC(C)C3)c(CO)nc12. The number of halogens is 1. The van der Waals surface area contributed by atoms with E-state index >= 15 is 0 Å². The average molecular weight is 312 g/mol. The Morgan fingerprint density at radius 3 is 2.62 bits per heavy atom. The van der Waals surface area contributed by atoms with Crippen LogP contribution in [-0.4, -0.2) is 40.5 Å². The summed E-state index contributed by atoms with van der Waals surface area (Å²) in [7, 11) is 0. The maximum absolute atomic E-state index is 9.66. The van der Waals surface area contributed by atoms with E-state index in [0.29, 0.717) is 46.3 Å². The Labute approximate surface area is 127 Å². The van der Waals surface area contributed by atoms with Gasteiger partial charge >= 0.3 is 0 Å². The molecule has 114 valence electrons. The van der Waals surface area contributed by atoms with Gasteiger partial charge in [-0.25, -0.2) is 4.98 Å². The number of anilines is 1.